The molecule has 0 N–H and O–H groups in total. The van der Waals surface area contributed by atoms with Crippen molar-refractivity contribution >= 4 is 5.78 Å². The van der Waals surface area contributed by atoms with Gasteiger partial charge in [0, 0.05) is 11.6 Å². The molecule has 0 spiro atoms. The fourth-order valence-corrected chi connectivity index (χ4v) is 2.67. The molecule has 0 saturated carbocycles. The Hall–Kier alpha value is -1.25. The summed E-state index contributed by atoms with van der Waals surface area (Å²) in [5.74, 6) is -1.27. The Kier molecular flexibility index (Phi) is 5.00. The van der Waals surface area contributed by atoms with E-state index < -0.39 is 17.0 Å². The van der Waals surface area contributed by atoms with Gasteiger partial charge in [-0.05, 0) is 25.8 Å². The molecule has 0 fully saturated rings. The van der Waals surface area contributed by atoms with Gasteiger partial charge in [0.2, 0.25) is 0 Å². The molecule has 0 unspecified atom stereocenters. The van der Waals surface area contributed by atoms with Gasteiger partial charge in [-0.3, -0.25) is 4.79 Å². The Labute approximate surface area is 107 Å². The summed E-state index contributed by atoms with van der Waals surface area (Å²) in [6, 6.07) is 3.50. The molecule has 3 heteroatoms. The van der Waals surface area contributed by atoms with Crippen LogP contribution in [-0.4, -0.2) is 5.78 Å². The third kappa shape index (κ3) is 2.77. The fraction of sp³-hybridized carbons (Fsp3) is 0.533. The first kappa shape index (κ1) is 14.8. The molecule has 1 aromatic rings. The number of rotatable bonds is 6. The van der Waals surface area contributed by atoms with Gasteiger partial charge in [0.15, 0.2) is 0 Å². The molecule has 100 valence electrons. The van der Waals surface area contributed by atoms with Crippen molar-refractivity contribution in [3.05, 3.63) is 35.4 Å². The summed E-state index contributed by atoms with van der Waals surface area (Å²) in [7, 11) is 0. The zero-order valence-corrected chi connectivity index (χ0v) is 11.2. The number of carbonyl (C=O) groups is 1. The lowest BCUT2D eigenvalue weighted by Crippen LogP contribution is -2.35. The molecule has 0 saturated heterocycles. The predicted molar refractivity (Wildman–Crippen MR) is 68.5 cm³/mol. The first-order valence-electron chi connectivity index (χ1n) is 6.44. The lowest BCUT2D eigenvalue weighted by Gasteiger charge is -2.31. The molecule has 0 aliphatic rings. The SMILES string of the molecule is CCCC(CCC)(C(C)=O)c1ccc(F)cc1F. The third-order valence-corrected chi connectivity index (χ3v) is 3.47. The molecule has 0 aromatic heterocycles. The highest BCUT2D eigenvalue weighted by molar-refractivity contribution is 5.88. The molecule has 1 aromatic carbocycles. The molecule has 1 nitrogen and oxygen atoms in total. The van der Waals surface area contributed by atoms with E-state index >= 15 is 0 Å². The standard InChI is InChI=1S/C15H20F2O/c1-4-8-15(9-5-2,11(3)18)13-7-6-12(16)10-14(13)17/h6-7,10H,4-5,8-9H2,1-3H3. The van der Waals surface area contributed by atoms with Crippen molar-refractivity contribution in [2.75, 3.05) is 0 Å². The maximum absolute atomic E-state index is 14.0. The lowest BCUT2D eigenvalue weighted by molar-refractivity contribution is -0.123. The average Bonchev–Trinajstić information content (AvgIpc) is 2.28. The minimum absolute atomic E-state index is 0.0447. The minimum Gasteiger partial charge on any atom is -0.299 e. The zero-order valence-electron chi connectivity index (χ0n) is 11.2. The van der Waals surface area contributed by atoms with Gasteiger partial charge in [0.25, 0.3) is 0 Å². The molecular weight excluding hydrogens is 234 g/mol. The van der Waals surface area contributed by atoms with Crippen molar-refractivity contribution in [1.82, 2.24) is 0 Å². The summed E-state index contributed by atoms with van der Waals surface area (Å²) >= 11 is 0. The average molecular weight is 254 g/mol. The second-order valence-corrected chi connectivity index (χ2v) is 4.76. The molecule has 0 radical (unpaired) electrons. The predicted octanol–water partition coefficient (Wildman–Crippen LogP) is 4.39. The molecule has 0 bridgehead atoms. The summed E-state index contributed by atoms with van der Waals surface area (Å²) < 4.78 is 26.9. The smallest absolute Gasteiger partial charge is 0.140 e. The van der Waals surface area contributed by atoms with Crippen molar-refractivity contribution in [3.8, 4) is 0 Å². The van der Waals surface area contributed by atoms with Gasteiger partial charge in [0.1, 0.15) is 17.4 Å². The molecule has 0 amide bonds. The van der Waals surface area contributed by atoms with E-state index in [4.69, 9.17) is 0 Å². The van der Waals surface area contributed by atoms with Crippen LogP contribution in [0.3, 0.4) is 0 Å². The number of benzene rings is 1. The van der Waals surface area contributed by atoms with E-state index in [2.05, 4.69) is 0 Å². The highest BCUT2D eigenvalue weighted by Gasteiger charge is 2.37. The van der Waals surface area contributed by atoms with Crippen molar-refractivity contribution in [1.29, 1.82) is 0 Å². The molecule has 0 aliphatic heterocycles. The highest BCUT2D eigenvalue weighted by Crippen LogP contribution is 2.37. The number of Topliss-reactive ketones (excluding diaryl/α,β-unsaturated/α-hetero) is 1. The van der Waals surface area contributed by atoms with Gasteiger partial charge in [-0.25, -0.2) is 8.78 Å². The van der Waals surface area contributed by atoms with E-state index in [9.17, 15) is 13.6 Å². The van der Waals surface area contributed by atoms with E-state index in [1.807, 2.05) is 13.8 Å². The molecular formula is C15H20F2O. The van der Waals surface area contributed by atoms with Gasteiger partial charge >= 0.3 is 0 Å². The first-order chi connectivity index (χ1) is 8.47. The largest absolute Gasteiger partial charge is 0.299 e. The molecule has 0 heterocycles. The molecule has 0 atom stereocenters. The number of hydrogen-bond donors (Lipinski definition) is 0. The van der Waals surface area contributed by atoms with Gasteiger partial charge in [-0.15, -0.1) is 0 Å². The van der Waals surface area contributed by atoms with E-state index in [0.717, 1.165) is 18.9 Å². The van der Waals surface area contributed by atoms with Gasteiger partial charge < -0.3 is 0 Å². The van der Waals surface area contributed by atoms with Crippen molar-refractivity contribution in [2.24, 2.45) is 0 Å². The van der Waals surface area contributed by atoms with Crippen molar-refractivity contribution in [2.45, 2.75) is 51.9 Å². The number of halogens is 2. The Bertz CT molecular complexity index is 421. The second-order valence-electron chi connectivity index (χ2n) is 4.76. The Morgan fingerprint density at radius 1 is 1.17 bits per heavy atom. The van der Waals surface area contributed by atoms with Crippen LogP contribution in [0.5, 0.6) is 0 Å². The Balaban J connectivity index is 3.35. The molecule has 1 rings (SSSR count). The number of hydrogen-bond acceptors (Lipinski definition) is 1. The second kappa shape index (κ2) is 6.07. The third-order valence-electron chi connectivity index (χ3n) is 3.47. The molecule has 18 heavy (non-hydrogen) atoms. The zero-order chi connectivity index (χ0) is 13.8. The first-order valence-corrected chi connectivity index (χ1v) is 6.44. The van der Waals surface area contributed by atoms with Crippen LogP contribution >= 0.6 is 0 Å². The van der Waals surface area contributed by atoms with Crippen LogP contribution in [0.4, 0.5) is 8.78 Å². The maximum atomic E-state index is 14.0. The summed E-state index contributed by atoms with van der Waals surface area (Å²) in [4.78, 5) is 12.0. The Morgan fingerprint density at radius 3 is 2.11 bits per heavy atom. The van der Waals surface area contributed by atoms with E-state index in [0.29, 0.717) is 18.4 Å². The van der Waals surface area contributed by atoms with Gasteiger partial charge in [-0.1, -0.05) is 32.8 Å². The van der Waals surface area contributed by atoms with E-state index in [-0.39, 0.29) is 5.78 Å². The highest BCUT2D eigenvalue weighted by atomic mass is 19.1. The van der Waals surface area contributed by atoms with Crippen LogP contribution in [0.15, 0.2) is 18.2 Å². The summed E-state index contributed by atoms with van der Waals surface area (Å²) in [6.45, 7) is 5.43. The monoisotopic (exact) mass is 254 g/mol. The van der Waals surface area contributed by atoms with E-state index in [1.165, 1.54) is 19.1 Å². The van der Waals surface area contributed by atoms with Crippen LogP contribution in [-0.2, 0) is 10.2 Å². The maximum Gasteiger partial charge on any atom is 0.140 e. The van der Waals surface area contributed by atoms with Crippen molar-refractivity contribution in [3.63, 3.8) is 0 Å². The summed E-state index contributed by atoms with van der Waals surface area (Å²) in [5, 5.41) is 0. The van der Waals surface area contributed by atoms with Crippen molar-refractivity contribution < 1.29 is 13.6 Å². The van der Waals surface area contributed by atoms with Crippen LogP contribution in [0, 0.1) is 11.6 Å². The van der Waals surface area contributed by atoms with Crippen LogP contribution in [0.1, 0.15) is 52.0 Å². The Morgan fingerprint density at radius 2 is 1.72 bits per heavy atom. The summed E-state index contributed by atoms with van der Waals surface area (Å²) in [5.41, 5.74) is -0.471. The number of carbonyl (C=O) groups excluding carboxylic acids is 1. The van der Waals surface area contributed by atoms with E-state index in [1.54, 1.807) is 0 Å². The normalized spacial score (nSPS) is 11.6. The van der Waals surface area contributed by atoms with Crippen LogP contribution in [0.25, 0.3) is 0 Å². The fourth-order valence-electron chi connectivity index (χ4n) is 2.67. The van der Waals surface area contributed by atoms with Gasteiger partial charge in [-0.2, -0.15) is 0 Å². The quantitative estimate of drug-likeness (QED) is 0.735. The number of ketones is 1. The topological polar surface area (TPSA) is 17.1 Å². The minimum atomic E-state index is -0.804. The van der Waals surface area contributed by atoms with Crippen LogP contribution < -0.4 is 0 Å². The molecule has 0 aliphatic carbocycles. The van der Waals surface area contributed by atoms with Gasteiger partial charge in [0.05, 0.1) is 5.41 Å². The summed E-state index contributed by atoms with van der Waals surface area (Å²) in [6.07, 6.45) is 2.77. The van der Waals surface area contributed by atoms with Crippen LogP contribution in [0.2, 0.25) is 0 Å². The lowest BCUT2D eigenvalue weighted by atomic mass is 9.70.